The van der Waals surface area contributed by atoms with Gasteiger partial charge in [-0.25, -0.2) is 0 Å². The molecule has 0 aromatic rings. The van der Waals surface area contributed by atoms with Crippen molar-refractivity contribution in [3.63, 3.8) is 0 Å². The number of carbonyl (C=O) groups excluding carboxylic acids is 2. The molecule has 0 aromatic carbocycles. The van der Waals surface area contributed by atoms with Gasteiger partial charge in [0.2, 0.25) is 11.6 Å². The van der Waals surface area contributed by atoms with Gasteiger partial charge in [0.25, 0.3) is 0 Å². The molecule has 0 atom stereocenters. The maximum absolute atomic E-state index is 12.4. The molecule has 4 N–H and O–H groups in total. The summed E-state index contributed by atoms with van der Waals surface area (Å²) in [5, 5.41) is 0. The van der Waals surface area contributed by atoms with E-state index in [1.54, 1.807) is 0 Å². The molecule has 0 spiro atoms. The summed E-state index contributed by atoms with van der Waals surface area (Å²) >= 11 is 0. The molecule has 0 aromatic heterocycles. The first kappa shape index (κ1) is 14.8. The van der Waals surface area contributed by atoms with Gasteiger partial charge in [-0.2, -0.15) is 0 Å². The van der Waals surface area contributed by atoms with Gasteiger partial charge in [-0.3, -0.25) is 9.59 Å². The smallest absolute Gasteiger partial charge is 0.227 e. The first-order valence-corrected chi connectivity index (χ1v) is 7.46. The van der Waals surface area contributed by atoms with Crippen LogP contribution in [0.1, 0.15) is 0 Å². The van der Waals surface area contributed by atoms with E-state index in [4.69, 9.17) is 11.5 Å². The van der Waals surface area contributed by atoms with E-state index in [0.717, 1.165) is 39.3 Å². The van der Waals surface area contributed by atoms with E-state index in [9.17, 15) is 9.59 Å². The van der Waals surface area contributed by atoms with Crippen molar-refractivity contribution in [3.05, 3.63) is 35.8 Å². The Hall–Kier alpha value is -2.12. The number of nitrogens with zero attached hydrogens (tertiary/aromatic N) is 3. The zero-order chi connectivity index (χ0) is 15.9. The van der Waals surface area contributed by atoms with Gasteiger partial charge in [0.1, 0.15) is 11.4 Å². The summed E-state index contributed by atoms with van der Waals surface area (Å²) < 4.78 is 0. The Morgan fingerprint density at radius 2 is 1.41 bits per heavy atom. The summed E-state index contributed by atoms with van der Waals surface area (Å²) in [5.74, 6) is 0.0485. The molecule has 7 heteroatoms. The van der Waals surface area contributed by atoms with Crippen LogP contribution in [-0.4, -0.2) is 71.7 Å². The number of allylic oxidation sites excluding steroid dienone is 1. The quantitative estimate of drug-likeness (QED) is 0.285. The van der Waals surface area contributed by atoms with Gasteiger partial charge in [0.15, 0.2) is 0 Å². The highest BCUT2D eigenvalue weighted by molar-refractivity contribution is 6.22. The molecular formula is C15H21N5O2. The van der Waals surface area contributed by atoms with Crippen LogP contribution in [0.4, 0.5) is 0 Å². The third-order valence-corrected chi connectivity index (χ3v) is 3.76. The average Bonchev–Trinajstić information content (AvgIpc) is 3.34. The van der Waals surface area contributed by atoms with Crippen molar-refractivity contribution in [2.45, 2.75) is 6.17 Å². The normalized spacial score (nSPS) is 22.5. The molecule has 22 heavy (non-hydrogen) atoms. The summed E-state index contributed by atoms with van der Waals surface area (Å²) in [6.07, 6.45) is 2.64. The van der Waals surface area contributed by atoms with Crippen molar-refractivity contribution in [1.29, 1.82) is 0 Å². The third kappa shape index (κ3) is 3.05. The van der Waals surface area contributed by atoms with E-state index in [1.807, 2.05) is 14.7 Å². The Morgan fingerprint density at radius 1 is 0.955 bits per heavy atom. The molecular weight excluding hydrogens is 282 g/mol. The topological polar surface area (TPSA) is 95.2 Å². The SMILES string of the molecule is C=CC(N)N.O=C1C=C(N2CC2)C(=O)C(N2CC2)=C1N1CC1. The van der Waals surface area contributed by atoms with Crippen LogP contribution in [0.2, 0.25) is 0 Å². The van der Waals surface area contributed by atoms with Crippen molar-refractivity contribution in [2.24, 2.45) is 11.5 Å². The Kier molecular flexibility index (Phi) is 3.76. The van der Waals surface area contributed by atoms with E-state index >= 15 is 0 Å². The Labute approximate surface area is 129 Å². The molecule has 4 rings (SSSR count). The van der Waals surface area contributed by atoms with Crippen molar-refractivity contribution in [1.82, 2.24) is 14.7 Å². The second kappa shape index (κ2) is 5.58. The predicted octanol–water partition coefficient (Wildman–Crippen LogP) is -1.40. The molecule has 0 radical (unpaired) electrons. The summed E-state index contributed by atoms with van der Waals surface area (Å²) in [6.45, 7) is 8.72. The van der Waals surface area contributed by atoms with Crippen molar-refractivity contribution in [2.75, 3.05) is 39.3 Å². The van der Waals surface area contributed by atoms with Gasteiger partial charge in [0.05, 0.1) is 11.9 Å². The lowest BCUT2D eigenvalue weighted by molar-refractivity contribution is -0.117. The molecule has 0 bridgehead atoms. The first-order chi connectivity index (χ1) is 10.5. The lowest BCUT2D eigenvalue weighted by atomic mass is 10.0. The van der Waals surface area contributed by atoms with Crippen LogP contribution in [0.25, 0.3) is 0 Å². The Morgan fingerprint density at radius 3 is 1.82 bits per heavy atom. The fourth-order valence-electron chi connectivity index (χ4n) is 2.28. The highest BCUT2D eigenvalue weighted by atomic mass is 16.1. The zero-order valence-corrected chi connectivity index (χ0v) is 12.5. The van der Waals surface area contributed by atoms with Gasteiger partial charge in [-0.15, -0.1) is 6.58 Å². The largest absolute Gasteiger partial charge is 0.365 e. The van der Waals surface area contributed by atoms with Crippen LogP contribution >= 0.6 is 0 Å². The van der Waals surface area contributed by atoms with Gasteiger partial charge in [-0.1, -0.05) is 6.08 Å². The highest BCUT2D eigenvalue weighted by Gasteiger charge is 2.43. The van der Waals surface area contributed by atoms with E-state index in [0.29, 0.717) is 17.1 Å². The van der Waals surface area contributed by atoms with Crippen LogP contribution in [-0.2, 0) is 9.59 Å². The zero-order valence-electron chi connectivity index (χ0n) is 12.5. The van der Waals surface area contributed by atoms with Crippen LogP contribution < -0.4 is 11.5 Å². The highest BCUT2D eigenvalue weighted by Crippen LogP contribution is 2.33. The molecule has 118 valence electrons. The minimum Gasteiger partial charge on any atom is -0.365 e. The van der Waals surface area contributed by atoms with Crippen molar-refractivity contribution in [3.8, 4) is 0 Å². The van der Waals surface area contributed by atoms with Crippen LogP contribution in [0.15, 0.2) is 35.8 Å². The van der Waals surface area contributed by atoms with Crippen LogP contribution in [0.3, 0.4) is 0 Å². The standard InChI is InChI=1S/C12H13N3O2.C3H8N2/c16-9-7-8(13-1-2-13)12(17)11(15-5-6-15)10(9)14-3-4-14;1-2-3(4)5/h7H,1-6H2;2-3H,1,4-5H2. The summed E-state index contributed by atoms with van der Waals surface area (Å²) in [5.41, 5.74) is 11.8. The fraction of sp³-hybridized carbons (Fsp3) is 0.467. The summed E-state index contributed by atoms with van der Waals surface area (Å²) in [4.78, 5) is 30.5. The number of carbonyl (C=O) groups is 2. The van der Waals surface area contributed by atoms with Gasteiger partial charge in [-0.05, 0) is 0 Å². The van der Waals surface area contributed by atoms with Crippen molar-refractivity contribution >= 4 is 11.6 Å². The number of ketones is 2. The lowest BCUT2D eigenvalue weighted by Gasteiger charge is -2.21. The van der Waals surface area contributed by atoms with Gasteiger partial charge >= 0.3 is 0 Å². The summed E-state index contributed by atoms with van der Waals surface area (Å²) in [6, 6.07) is 0. The number of rotatable bonds is 4. The van der Waals surface area contributed by atoms with E-state index < -0.39 is 0 Å². The maximum atomic E-state index is 12.4. The van der Waals surface area contributed by atoms with Gasteiger partial charge < -0.3 is 26.2 Å². The molecule has 3 saturated heterocycles. The molecule has 0 saturated carbocycles. The number of hydrogen-bond donors (Lipinski definition) is 2. The average molecular weight is 303 g/mol. The van der Waals surface area contributed by atoms with E-state index in [1.165, 1.54) is 12.2 Å². The monoisotopic (exact) mass is 303 g/mol. The third-order valence-electron chi connectivity index (χ3n) is 3.76. The second-order valence-electron chi connectivity index (χ2n) is 5.69. The molecule has 0 unspecified atom stereocenters. The first-order valence-electron chi connectivity index (χ1n) is 7.46. The molecule has 4 aliphatic rings. The summed E-state index contributed by atoms with van der Waals surface area (Å²) in [7, 11) is 0. The van der Waals surface area contributed by atoms with Gasteiger partial charge in [0, 0.05) is 45.3 Å². The molecule has 7 nitrogen and oxygen atoms in total. The predicted molar refractivity (Wildman–Crippen MR) is 82.2 cm³/mol. The molecule has 3 heterocycles. The Balaban J connectivity index is 0.000000254. The number of hydrogen-bond acceptors (Lipinski definition) is 7. The molecule has 1 aliphatic carbocycles. The van der Waals surface area contributed by atoms with E-state index in [2.05, 4.69) is 6.58 Å². The minimum absolute atomic E-state index is 0.00546. The number of Topliss-reactive ketones (excluding diaryl/α,β-unsaturated/α-hetero) is 1. The van der Waals surface area contributed by atoms with E-state index in [-0.39, 0.29) is 17.7 Å². The number of nitrogens with two attached hydrogens (primary N) is 2. The molecule has 3 fully saturated rings. The van der Waals surface area contributed by atoms with Crippen LogP contribution in [0, 0.1) is 0 Å². The van der Waals surface area contributed by atoms with Crippen molar-refractivity contribution < 1.29 is 9.59 Å². The fourth-order valence-corrected chi connectivity index (χ4v) is 2.28. The lowest BCUT2D eigenvalue weighted by Crippen LogP contribution is -2.29. The van der Waals surface area contributed by atoms with Crippen LogP contribution in [0.5, 0.6) is 0 Å². The second-order valence-corrected chi connectivity index (χ2v) is 5.69. The Bertz CT molecular complexity index is 581. The maximum Gasteiger partial charge on any atom is 0.227 e. The minimum atomic E-state index is -0.352. The molecule has 3 aliphatic heterocycles. The molecule has 0 amide bonds.